The van der Waals surface area contributed by atoms with Crippen molar-refractivity contribution in [3.8, 4) is 5.75 Å². The molecule has 0 aliphatic rings. The van der Waals surface area contributed by atoms with E-state index in [2.05, 4.69) is 11.9 Å². The highest BCUT2D eigenvalue weighted by Crippen LogP contribution is 2.33. The van der Waals surface area contributed by atoms with Crippen LogP contribution in [0.4, 0.5) is 0 Å². The maximum absolute atomic E-state index is 12.2. The van der Waals surface area contributed by atoms with Crippen molar-refractivity contribution in [2.75, 3.05) is 13.4 Å². The van der Waals surface area contributed by atoms with Crippen LogP contribution in [0.1, 0.15) is 48.5 Å². The minimum absolute atomic E-state index is 0.0134. The van der Waals surface area contributed by atoms with Crippen LogP contribution in [-0.2, 0) is 16.3 Å². The molecule has 0 aromatic heterocycles. The van der Waals surface area contributed by atoms with Crippen LogP contribution in [0.3, 0.4) is 0 Å². The van der Waals surface area contributed by atoms with Crippen molar-refractivity contribution in [2.45, 2.75) is 43.9 Å². The fraction of sp³-hybridized carbons (Fsp3) is 0.500. The summed E-state index contributed by atoms with van der Waals surface area (Å²) in [6, 6.07) is 3.12. The number of aliphatic imine (C=N–C) groups is 1. The lowest BCUT2D eigenvalue weighted by Gasteiger charge is -2.15. The van der Waals surface area contributed by atoms with Gasteiger partial charge in [-0.15, -0.1) is 0 Å². The number of hydrogen-bond donors (Lipinski definition) is 2. The summed E-state index contributed by atoms with van der Waals surface area (Å²) in [5.74, 6) is -1.15. The molecule has 1 amide bonds. The van der Waals surface area contributed by atoms with Gasteiger partial charge in [-0.25, -0.2) is 8.42 Å². The number of hydrogen-bond acceptors (Lipinski definition) is 4. The number of amides is 1. The third kappa shape index (κ3) is 5.23. The molecule has 1 aromatic rings. The predicted molar refractivity (Wildman–Crippen MR) is 94.1 cm³/mol. The Balaban J connectivity index is 3.39. The Morgan fingerprint density at radius 2 is 1.88 bits per heavy atom. The normalized spacial score (nSPS) is 11.1. The van der Waals surface area contributed by atoms with E-state index in [0.717, 1.165) is 31.9 Å². The molecule has 7 nitrogen and oxygen atoms in total. The van der Waals surface area contributed by atoms with Crippen molar-refractivity contribution in [1.82, 2.24) is 0 Å². The second-order valence-corrected chi connectivity index (χ2v) is 7.51. The number of nitrogens with zero attached hydrogens (tertiary/aromatic N) is 1. The Morgan fingerprint density at radius 3 is 2.38 bits per heavy atom. The van der Waals surface area contributed by atoms with Crippen LogP contribution in [0.25, 0.3) is 0 Å². The third-order valence-electron chi connectivity index (χ3n) is 3.53. The molecule has 1 aromatic carbocycles. The van der Waals surface area contributed by atoms with Gasteiger partial charge in [0.2, 0.25) is 0 Å². The standard InChI is InChI=1S/C16H25N3O4S/c1-4-5-6-7-8-11-9-10-12(15(20)19-16(17)18)13(23-2)14(11)24(3,21)22/h9-10H,4-8H2,1-3H3,(H4,17,18,19,20). The fourth-order valence-corrected chi connectivity index (χ4v) is 3.67. The minimum atomic E-state index is -3.59. The van der Waals surface area contributed by atoms with Crippen molar-refractivity contribution >= 4 is 21.7 Å². The molecule has 0 aliphatic carbocycles. The summed E-state index contributed by atoms with van der Waals surface area (Å²) in [6.45, 7) is 2.11. The zero-order valence-electron chi connectivity index (χ0n) is 14.3. The summed E-state index contributed by atoms with van der Waals surface area (Å²) >= 11 is 0. The van der Waals surface area contributed by atoms with E-state index in [1.165, 1.54) is 13.2 Å². The number of aryl methyl sites for hydroxylation is 1. The van der Waals surface area contributed by atoms with Gasteiger partial charge in [0, 0.05) is 6.26 Å². The van der Waals surface area contributed by atoms with Gasteiger partial charge in [0.25, 0.3) is 5.91 Å². The quantitative estimate of drug-likeness (QED) is 0.415. The molecule has 0 radical (unpaired) electrons. The number of guanidine groups is 1. The molecule has 8 heteroatoms. The summed E-state index contributed by atoms with van der Waals surface area (Å²) in [7, 11) is -2.27. The summed E-state index contributed by atoms with van der Waals surface area (Å²) < 4.78 is 29.7. The number of rotatable bonds is 8. The maximum atomic E-state index is 12.2. The summed E-state index contributed by atoms with van der Waals surface area (Å²) in [4.78, 5) is 15.6. The Kier molecular flexibility index (Phi) is 7.21. The second kappa shape index (κ2) is 8.68. The van der Waals surface area contributed by atoms with Gasteiger partial charge in [0.1, 0.15) is 4.90 Å². The summed E-state index contributed by atoms with van der Waals surface area (Å²) in [5.41, 5.74) is 11.1. The van der Waals surface area contributed by atoms with Crippen molar-refractivity contribution in [2.24, 2.45) is 16.5 Å². The monoisotopic (exact) mass is 355 g/mol. The van der Waals surface area contributed by atoms with Crippen molar-refractivity contribution in [3.63, 3.8) is 0 Å². The Hall–Kier alpha value is -2.09. The van der Waals surface area contributed by atoms with Gasteiger partial charge in [-0.05, 0) is 24.5 Å². The average Bonchev–Trinajstić information content (AvgIpc) is 2.48. The Bertz CT molecular complexity index is 723. The first-order valence-corrected chi connectivity index (χ1v) is 9.65. The highest BCUT2D eigenvalue weighted by atomic mass is 32.2. The molecular weight excluding hydrogens is 330 g/mol. The molecule has 0 bridgehead atoms. The highest BCUT2D eigenvalue weighted by molar-refractivity contribution is 7.90. The van der Waals surface area contributed by atoms with Crippen LogP contribution in [0.15, 0.2) is 22.0 Å². The van der Waals surface area contributed by atoms with E-state index in [4.69, 9.17) is 16.2 Å². The molecule has 0 saturated heterocycles. The number of benzene rings is 1. The molecule has 0 unspecified atom stereocenters. The first-order valence-electron chi connectivity index (χ1n) is 7.76. The van der Waals surface area contributed by atoms with Gasteiger partial charge in [0.05, 0.1) is 12.7 Å². The molecule has 4 N–H and O–H groups in total. The highest BCUT2D eigenvalue weighted by Gasteiger charge is 2.25. The molecule has 0 heterocycles. The smallest absolute Gasteiger partial charge is 0.283 e. The average molecular weight is 355 g/mol. The number of sulfone groups is 1. The van der Waals surface area contributed by atoms with Crippen molar-refractivity contribution in [1.29, 1.82) is 0 Å². The predicted octanol–water partition coefficient (Wildman–Crippen LogP) is 1.64. The first-order chi connectivity index (χ1) is 11.2. The molecule has 0 saturated carbocycles. The van der Waals surface area contributed by atoms with E-state index in [1.807, 2.05) is 0 Å². The van der Waals surface area contributed by atoms with Crippen LogP contribution in [0.2, 0.25) is 0 Å². The van der Waals surface area contributed by atoms with Crippen LogP contribution < -0.4 is 16.2 Å². The van der Waals surface area contributed by atoms with Crippen molar-refractivity contribution in [3.05, 3.63) is 23.3 Å². The minimum Gasteiger partial charge on any atom is -0.495 e. The molecular formula is C16H25N3O4S. The number of carbonyl (C=O) groups excluding carboxylic acids is 1. The number of nitrogens with two attached hydrogens (primary N) is 2. The Labute approximate surface area is 143 Å². The van der Waals surface area contributed by atoms with Gasteiger partial charge in [-0.3, -0.25) is 4.79 Å². The van der Waals surface area contributed by atoms with E-state index in [-0.39, 0.29) is 16.2 Å². The lowest BCUT2D eigenvalue weighted by atomic mass is 10.0. The Morgan fingerprint density at radius 1 is 1.21 bits per heavy atom. The molecule has 24 heavy (non-hydrogen) atoms. The van der Waals surface area contributed by atoms with Gasteiger partial charge in [-0.2, -0.15) is 4.99 Å². The van der Waals surface area contributed by atoms with Gasteiger partial charge in [0.15, 0.2) is 21.5 Å². The second-order valence-electron chi connectivity index (χ2n) is 5.56. The maximum Gasteiger partial charge on any atom is 0.283 e. The lowest BCUT2D eigenvalue weighted by molar-refractivity contribution is 0.0999. The van der Waals surface area contributed by atoms with E-state index in [9.17, 15) is 13.2 Å². The SMILES string of the molecule is CCCCCCc1ccc(C(=O)N=C(N)N)c(OC)c1S(C)(=O)=O. The zero-order valence-corrected chi connectivity index (χ0v) is 15.1. The zero-order chi connectivity index (χ0) is 18.3. The van der Waals surface area contributed by atoms with E-state index in [1.54, 1.807) is 6.07 Å². The van der Waals surface area contributed by atoms with Crippen molar-refractivity contribution < 1.29 is 17.9 Å². The molecule has 0 aliphatic heterocycles. The van der Waals surface area contributed by atoms with Crippen LogP contribution in [0, 0.1) is 0 Å². The summed E-state index contributed by atoms with van der Waals surface area (Å²) in [5, 5.41) is 0. The number of unbranched alkanes of at least 4 members (excludes halogenated alkanes) is 3. The number of methoxy groups -OCH3 is 1. The third-order valence-corrected chi connectivity index (χ3v) is 4.72. The van der Waals surface area contributed by atoms with E-state index in [0.29, 0.717) is 12.0 Å². The molecule has 134 valence electrons. The van der Waals surface area contributed by atoms with Crippen LogP contribution >= 0.6 is 0 Å². The molecule has 0 fully saturated rings. The lowest BCUT2D eigenvalue weighted by Crippen LogP contribution is -2.24. The largest absolute Gasteiger partial charge is 0.495 e. The number of ether oxygens (including phenoxy) is 1. The fourth-order valence-electron chi connectivity index (χ4n) is 2.50. The topological polar surface area (TPSA) is 125 Å². The van der Waals surface area contributed by atoms with Gasteiger partial charge >= 0.3 is 0 Å². The molecule has 1 rings (SSSR count). The first kappa shape index (κ1) is 20.0. The summed E-state index contributed by atoms with van der Waals surface area (Å²) in [6.07, 6.45) is 5.74. The molecule has 0 atom stereocenters. The van der Waals surface area contributed by atoms with E-state index >= 15 is 0 Å². The van der Waals surface area contributed by atoms with Gasteiger partial charge < -0.3 is 16.2 Å². The number of carbonyl (C=O) groups is 1. The van der Waals surface area contributed by atoms with E-state index < -0.39 is 21.7 Å². The van der Waals surface area contributed by atoms with Gasteiger partial charge in [-0.1, -0.05) is 32.3 Å². The van der Waals surface area contributed by atoms with Crippen LogP contribution in [0.5, 0.6) is 5.75 Å². The molecule has 0 spiro atoms. The van der Waals surface area contributed by atoms with Crippen LogP contribution in [-0.4, -0.2) is 33.7 Å².